The molecule has 0 spiro atoms. The zero-order valence-corrected chi connectivity index (χ0v) is 11.8. The predicted molar refractivity (Wildman–Crippen MR) is 76.6 cm³/mol. The van der Waals surface area contributed by atoms with Gasteiger partial charge in [-0.2, -0.15) is 0 Å². The number of aliphatic hydroxyl groups excluding tert-OH is 1. The van der Waals surface area contributed by atoms with Crippen LogP contribution in [-0.2, 0) is 4.79 Å². The van der Waals surface area contributed by atoms with Crippen LogP contribution in [0.1, 0.15) is 29.3 Å². The van der Waals surface area contributed by atoms with Crippen molar-refractivity contribution in [3.05, 3.63) is 35.7 Å². The maximum Gasteiger partial charge on any atom is 0.328 e. The molecule has 2 heterocycles. The molecule has 0 aliphatic carbocycles. The number of hydrogen-bond acceptors (Lipinski definition) is 4. The molecule has 6 nitrogen and oxygen atoms in total. The van der Waals surface area contributed by atoms with Gasteiger partial charge in [0.1, 0.15) is 0 Å². The first-order valence-corrected chi connectivity index (χ1v) is 6.81. The Morgan fingerprint density at radius 2 is 2.24 bits per heavy atom. The Kier molecular flexibility index (Phi) is 4.70. The summed E-state index contributed by atoms with van der Waals surface area (Å²) >= 11 is 0. The lowest BCUT2D eigenvalue weighted by molar-refractivity contribution is -0.131. The summed E-state index contributed by atoms with van der Waals surface area (Å²) in [5.74, 6) is -1.12. The maximum absolute atomic E-state index is 12.5. The van der Waals surface area contributed by atoms with Gasteiger partial charge in [0.25, 0.3) is 5.91 Å². The summed E-state index contributed by atoms with van der Waals surface area (Å²) < 4.78 is 0. The van der Waals surface area contributed by atoms with E-state index in [0.717, 1.165) is 12.5 Å². The molecule has 112 valence electrons. The number of aliphatic hydroxyl groups is 1. The molecule has 2 N–H and O–H groups in total. The molecule has 1 aromatic rings. The van der Waals surface area contributed by atoms with Crippen LogP contribution in [0.3, 0.4) is 0 Å². The highest BCUT2D eigenvalue weighted by molar-refractivity contribution is 5.98. The fourth-order valence-electron chi connectivity index (χ4n) is 2.30. The fourth-order valence-corrected chi connectivity index (χ4v) is 2.30. The number of carbonyl (C=O) groups is 2. The summed E-state index contributed by atoms with van der Waals surface area (Å²) in [5.41, 5.74) is 0.849. The third kappa shape index (κ3) is 3.66. The monoisotopic (exact) mass is 290 g/mol. The summed E-state index contributed by atoms with van der Waals surface area (Å²) in [5, 5.41) is 18.6. The van der Waals surface area contributed by atoms with Gasteiger partial charge in [0.2, 0.25) is 0 Å². The molecule has 2 unspecified atom stereocenters. The average Bonchev–Trinajstić information content (AvgIpc) is 2.47. The van der Waals surface area contributed by atoms with Crippen molar-refractivity contribution in [2.75, 3.05) is 13.1 Å². The number of carboxylic acids is 1. The molecule has 6 heteroatoms. The van der Waals surface area contributed by atoms with Crippen LogP contribution in [0.2, 0.25) is 0 Å². The van der Waals surface area contributed by atoms with Gasteiger partial charge in [0.15, 0.2) is 0 Å². The highest BCUT2D eigenvalue weighted by Crippen LogP contribution is 2.20. The Balaban J connectivity index is 2.21. The number of rotatable bonds is 3. The topological polar surface area (TPSA) is 90.7 Å². The lowest BCUT2D eigenvalue weighted by atomic mass is 9.95. The standard InChI is InChI=1S/C15H18N2O4/c1-10-5-7-17(9-13(10)18)15(21)12-4-6-16-8-11(12)2-3-14(19)20/h2-4,6,8,10,13,18H,5,7,9H2,1H3,(H,19,20)/b3-2+. The molecule has 1 saturated heterocycles. The van der Waals surface area contributed by atoms with Crippen LogP contribution in [0.15, 0.2) is 24.5 Å². The molecule has 0 aromatic carbocycles. The fraction of sp³-hybridized carbons (Fsp3) is 0.400. The Bertz CT molecular complexity index is 571. The van der Waals surface area contributed by atoms with Crippen LogP contribution in [0.5, 0.6) is 0 Å². The van der Waals surface area contributed by atoms with Crippen molar-refractivity contribution in [2.45, 2.75) is 19.4 Å². The molecule has 2 rings (SSSR count). The van der Waals surface area contributed by atoms with Crippen molar-refractivity contribution < 1.29 is 19.8 Å². The number of carboxylic acid groups (broad SMARTS) is 1. The molecule has 1 aliphatic rings. The number of likely N-dealkylation sites (tertiary alicyclic amines) is 1. The Hall–Kier alpha value is -2.21. The summed E-state index contributed by atoms with van der Waals surface area (Å²) in [6.07, 6.45) is 5.50. The van der Waals surface area contributed by atoms with Gasteiger partial charge in [-0.05, 0) is 24.5 Å². The van der Waals surface area contributed by atoms with Gasteiger partial charge < -0.3 is 15.1 Å². The normalized spacial score (nSPS) is 22.5. The van der Waals surface area contributed by atoms with E-state index in [0.29, 0.717) is 24.2 Å². The van der Waals surface area contributed by atoms with Crippen LogP contribution in [0.25, 0.3) is 6.08 Å². The highest BCUT2D eigenvalue weighted by Gasteiger charge is 2.28. The third-order valence-corrected chi connectivity index (χ3v) is 3.69. The van der Waals surface area contributed by atoms with E-state index >= 15 is 0 Å². The summed E-state index contributed by atoms with van der Waals surface area (Å²) in [4.78, 5) is 28.6. The highest BCUT2D eigenvalue weighted by atomic mass is 16.4. The molecule has 2 atom stereocenters. The molecule has 1 fully saturated rings. The molecule has 1 aromatic heterocycles. The van der Waals surface area contributed by atoms with E-state index in [1.807, 2.05) is 6.92 Å². The van der Waals surface area contributed by atoms with Gasteiger partial charge in [-0.25, -0.2) is 4.79 Å². The van der Waals surface area contributed by atoms with Crippen molar-refractivity contribution in [1.29, 1.82) is 0 Å². The van der Waals surface area contributed by atoms with Crippen molar-refractivity contribution in [3.8, 4) is 0 Å². The molecule has 21 heavy (non-hydrogen) atoms. The van der Waals surface area contributed by atoms with E-state index in [2.05, 4.69) is 4.98 Å². The van der Waals surface area contributed by atoms with E-state index < -0.39 is 12.1 Å². The van der Waals surface area contributed by atoms with Gasteiger partial charge in [0.05, 0.1) is 6.10 Å². The lowest BCUT2D eigenvalue weighted by Crippen LogP contribution is -2.46. The molecule has 1 aliphatic heterocycles. The molecule has 0 radical (unpaired) electrons. The molecule has 0 saturated carbocycles. The second-order valence-electron chi connectivity index (χ2n) is 5.22. The molecule has 1 amide bonds. The van der Waals surface area contributed by atoms with Crippen molar-refractivity contribution >= 4 is 18.0 Å². The van der Waals surface area contributed by atoms with E-state index in [-0.39, 0.29) is 11.8 Å². The van der Waals surface area contributed by atoms with Gasteiger partial charge >= 0.3 is 5.97 Å². The van der Waals surface area contributed by atoms with Crippen molar-refractivity contribution in [2.24, 2.45) is 5.92 Å². The second-order valence-corrected chi connectivity index (χ2v) is 5.22. The molecular formula is C15H18N2O4. The van der Waals surface area contributed by atoms with E-state index in [4.69, 9.17) is 5.11 Å². The van der Waals surface area contributed by atoms with Crippen molar-refractivity contribution in [1.82, 2.24) is 9.88 Å². The number of hydrogen-bond donors (Lipinski definition) is 2. The largest absolute Gasteiger partial charge is 0.478 e. The van der Waals surface area contributed by atoms with Crippen LogP contribution < -0.4 is 0 Å². The number of piperidine rings is 1. The quantitative estimate of drug-likeness (QED) is 0.811. The Labute approximate surface area is 122 Å². The maximum atomic E-state index is 12.5. The average molecular weight is 290 g/mol. The summed E-state index contributed by atoms with van der Waals surface area (Å²) in [7, 11) is 0. The summed E-state index contributed by atoms with van der Waals surface area (Å²) in [6.45, 7) is 2.84. The van der Waals surface area contributed by atoms with Gasteiger partial charge in [-0.3, -0.25) is 9.78 Å². The van der Waals surface area contributed by atoms with E-state index in [9.17, 15) is 14.7 Å². The zero-order valence-electron chi connectivity index (χ0n) is 11.8. The first-order chi connectivity index (χ1) is 9.99. The first kappa shape index (κ1) is 15.2. The number of pyridine rings is 1. The van der Waals surface area contributed by atoms with Crippen LogP contribution in [-0.4, -0.2) is 51.2 Å². The van der Waals surface area contributed by atoms with Gasteiger partial charge in [-0.1, -0.05) is 6.92 Å². The minimum atomic E-state index is -1.08. The van der Waals surface area contributed by atoms with Gasteiger partial charge in [0, 0.05) is 42.7 Å². The predicted octanol–water partition coefficient (Wildman–Crippen LogP) is 1.02. The van der Waals surface area contributed by atoms with Crippen molar-refractivity contribution in [3.63, 3.8) is 0 Å². The Morgan fingerprint density at radius 3 is 2.90 bits per heavy atom. The minimum absolute atomic E-state index is 0.179. The number of carbonyl (C=O) groups excluding carboxylic acids is 1. The molecule has 0 bridgehead atoms. The lowest BCUT2D eigenvalue weighted by Gasteiger charge is -2.34. The molecular weight excluding hydrogens is 272 g/mol. The van der Waals surface area contributed by atoms with Gasteiger partial charge in [-0.15, -0.1) is 0 Å². The second kappa shape index (κ2) is 6.49. The summed E-state index contributed by atoms with van der Waals surface area (Å²) in [6, 6.07) is 1.56. The number of β-amino-alcohol motifs (C(OH)–C–C–N with tert-alkyl or cyclic N) is 1. The number of aliphatic carboxylic acids is 1. The SMILES string of the molecule is CC1CCN(C(=O)c2ccncc2/C=C/C(=O)O)CC1O. The van der Waals surface area contributed by atoms with Crippen LogP contribution >= 0.6 is 0 Å². The van der Waals surface area contributed by atoms with E-state index in [1.165, 1.54) is 18.5 Å². The zero-order chi connectivity index (χ0) is 15.4. The number of aromatic nitrogens is 1. The third-order valence-electron chi connectivity index (χ3n) is 3.69. The minimum Gasteiger partial charge on any atom is -0.478 e. The van der Waals surface area contributed by atoms with Crippen LogP contribution in [0.4, 0.5) is 0 Å². The van der Waals surface area contributed by atoms with Crippen LogP contribution in [0, 0.1) is 5.92 Å². The Morgan fingerprint density at radius 1 is 1.48 bits per heavy atom. The number of amides is 1. The first-order valence-electron chi connectivity index (χ1n) is 6.81. The number of nitrogens with zero attached hydrogens (tertiary/aromatic N) is 2. The van der Waals surface area contributed by atoms with E-state index in [1.54, 1.807) is 11.0 Å². The smallest absolute Gasteiger partial charge is 0.328 e.